The number of carbonyl (C=O) groups is 2. The Labute approximate surface area is 227 Å². The molecule has 1 aromatic heterocycles. The molecule has 0 aliphatic carbocycles. The molecule has 13 heteroatoms. The first-order valence-electron chi connectivity index (χ1n) is 12.4. The number of amides is 2. The topological polar surface area (TPSA) is 114 Å². The number of ether oxygens (including phenoxy) is 2. The van der Waals surface area contributed by atoms with E-state index in [-0.39, 0.29) is 43.5 Å². The second kappa shape index (κ2) is 11.9. The van der Waals surface area contributed by atoms with Crippen LogP contribution in [0.25, 0.3) is 0 Å². The van der Waals surface area contributed by atoms with E-state index >= 15 is 0 Å². The number of aromatic nitrogens is 2. The highest BCUT2D eigenvalue weighted by molar-refractivity contribution is 5.90. The summed E-state index contributed by atoms with van der Waals surface area (Å²) in [6.45, 7) is 4.13. The second-order valence-corrected chi connectivity index (χ2v) is 9.52. The molecule has 0 saturated carbocycles. The third-order valence-corrected chi connectivity index (χ3v) is 6.15. The largest absolute Gasteiger partial charge is 0.418 e. The Bertz CT molecular complexity index is 1340. The van der Waals surface area contributed by atoms with Gasteiger partial charge in [0.2, 0.25) is 5.91 Å². The predicted octanol–water partition coefficient (Wildman–Crippen LogP) is 5.07. The molecule has 2 amide bonds. The molecule has 2 aromatic carbocycles. The van der Waals surface area contributed by atoms with E-state index in [9.17, 15) is 27.2 Å². The van der Waals surface area contributed by atoms with E-state index in [1.54, 1.807) is 12.1 Å². The van der Waals surface area contributed by atoms with E-state index in [2.05, 4.69) is 25.9 Å². The molecule has 2 heterocycles. The van der Waals surface area contributed by atoms with Crippen molar-refractivity contribution in [3.05, 3.63) is 77.6 Å². The van der Waals surface area contributed by atoms with Crippen LogP contribution < -0.4 is 20.7 Å². The van der Waals surface area contributed by atoms with E-state index in [0.717, 1.165) is 12.1 Å². The first kappa shape index (κ1) is 28.7. The zero-order valence-electron chi connectivity index (χ0n) is 21.6. The van der Waals surface area contributed by atoms with Gasteiger partial charge >= 0.3 is 12.3 Å². The molecule has 1 fully saturated rings. The number of alkyl halides is 3. The van der Waals surface area contributed by atoms with Gasteiger partial charge in [0.1, 0.15) is 17.2 Å². The molecule has 0 spiro atoms. The lowest BCUT2D eigenvalue weighted by atomic mass is 9.97. The van der Waals surface area contributed by atoms with Gasteiger partial charge in [-0.25, -0.2) is 19.2 Å². The van der Waals surface area contributed by atoms with Crippen molar-refractivity contribution < 1.29 is 36.6 Å². The Morgan fingerprint density at radius 1 is 1.10 bits per heavy atom. The van der Waals surface area contributed by atoms with Gasteiger partial charge < -0.3 is 25.4 Å². The van der Waals surface area contributed by atoms with Crippen LogP contribution in [-0.2, 0) is 22.3 Å². The lowest BCUT2D eigenvalue weighted by Crippen LogP contribution is -2.59. The van der Waals surface area contributed by atoms with E-state index < -0.39 is 35.1 Å². The molecule has 3 N–H and O–H groups in total. The first-order valence-corrected chi connectivity index (χ1v) is 12.4. The minimum atomic E-state index is -4.73. The summed E-state index contributed by atoms with van der Waals surface area (Å²) in [7, 11) is 0. The van der Waals surface area contributed by atoms with Gasteiger partial charge in [-0.05, 0) is 35.9 Å². The van der Waals surface area contributed by atoms with Gasteiger partial charge in [0, 0.05) is 31.2 Å². The quantitative estimate of drug-likeness (QED) is 0.329. The highest BCUT2D eigenvalue weighted by Crippen LogP contribution is 2.36. The molecular weight excluding hydrogens is 534 g/mol. The van der Waals surface area contributed by atoms with Gasteiger partial charge in [-0.3, -0.25) is 4.79 Å². The first-order chi connectivity index (χ1) is 18.9. The van der Waals surface area contributed by atoms with E-state index in [0.29, 0.717) is 23.1 Å². The Hall–Kier alpha value is -4.26. The van der Waals surface area contributed by atoms with Gasteiger partial charge in [-0.1, -0.05) is 26.0 Å². The minimum Gasteiger partial charge on any atom is -0.407 e. The number of halogens is 4. The Morgan fingerprint density at radius 3 is 2.40 bits per heavy atom. The maximum Gasteiger partial charge on any atom is 0.418 e. The van der Waals surface area contributed by atoms with Gasteiger partial charge in [0.15, 0.2) is 5.75 Å². The molecule has 0 bridgehead atoms. The maximum absolute atomic E-state index is 13.4. The standard InChI is InChI=1S/C27H27F4N5O4/c1-16(2)23-32-13-20(14-33-23)40-25(38)36-26(9-10-39-15-26)24(37)34-12-17-3-6-19(7-4-17)35-22-8-5-18(28)11-21(22)27(29,30)31/h3-8,11,13-14,16,35H,9-10,12,15H2,1-2H3,(H,34,37)(H,36,38)/t26-/m0/s1. The van der Waals surface area contributed by atoms with E-state index in [1.807, 2.05) is 13.8 Å². The summed E-state index contributed by atoms with van der Waals surface area (Å²) in [5.41, 5.74) is -1.79. The summed E-state index contributed by atoms with van der Waals surface area (Å²) in [4.78, 5) is 33.9. The van der Waals surface area contributed by atoms with Crippen molar-refractivity contribution in [2.75, 3.05) is 18.5 Å². The van der Waals surface area contributed by atoms with Gasteiger partial charge in [0.05, 0.1) is 30.3 Å². The number of anilines is 2. The number of nitrogens with one attached hydrogen (secondary N) is 3. The highest BCUT2D eigenvalue weighted by Gasteiger charge is 2.44. The number of hydrogen-bond acceptors (Lipinski definition) is 7. The number of carbonyl (C=O) groups excluding carboxylic acids is 2. The zero-order chi connectivity index (χ0) is 28.9. The lowest BCUT2D eigenvalue weighted by Gasteiger charge is -2.27. The molecule has 1 aliphatic heterocycles. The predicted molar refractivity (Wildman–Crippen MR) is 136 cm³/mol. The Morgan fingerprint density at radius 2 is 1.80 bits per heavy atom. The molecule has 4 rings (SSSR count). The van der Waals surface area contributed by atoms with Gasteiger partial charge in [-0.2, -0.15) is 13.2 Å². The molecule has 0 unspecified atom stereocenters. The van der Waals surface area contributed by atoms with Crippen molar-refractivity contribution >= 4 is 23.4 Å². The third kappa shape index (κ3) is 7.03. The average Bonchev–Trinajstić information content (AvgIpc) is 3.38. The monoisotopic (exact) mass is 561 g/mol. The fourth-order valence-corrected chi connectivity index (χ4v) is 3.98. The maximum atomic E-state index is 13.4. The number of rotatable bonds is 8. The molecular formula is C27H27F4N5O4. The Balaban J connectivity index is 1.35. The van der Waals surface area contributed by atoms with Gasteiger partial charge in [-0.15, -0.1) is 0 Å². The van der Waals surface area contributed by atoms with Gasteiger partial charge in [0.25, 0.3) is 0 Å². The highest BCUT2D eigenvalue weighted by atomic mass is 19.4. The smallest absolute Gasteiger partial charge is 0.407 e. The molecule has 1 atom stereocenters. The minimum absolute atomic E-state index is 0.0568. The van der Waals surface area contributed by atoms with Crippen molar-refractivity contribution in [3.63, 3.8) is 0 Å². The normalized spacial score (nSPS) is 17.0. The summed E-state index contributed by atoms with van der Waals surface area (Å²) >= 11 is 0. The van der Waals surface area contributed by atoms with Crippen LogP contribution in [0.2, 0.25) is 0 Å². The molecule has 3 aromatic rings. The SMILES string of the molecule is CC(C)c1ncc(OC(=O)N[C@@]2(C(=O)NCc3ccc(Nc4ccc(F)cc4C(F)(F)F)cc3)CCOC2)cn1. The summed E-state index contributed by atoms with van der Waals surface area (Å²) in [5, 5.41) is 7.98. The fourth-order valence-electron chi connectivity index (χ4n) is 3.98. The van der Waals surface area contributed by atoms with E-state index in [4.69, 9.17) is 9.47 Å². The van der Waals surface area contributed by atoms with Crippen molar-refractivity contribution in [2.45, 2.75) is 44.4 Å². The summed E-state index contributed by atoms with van der Waals surface area (Å²) in [5.74, 6) is -0.663. The molecule has 0 radical (unpaired) electrons. The van der Waals surface area contributed by atoms with Crippen LogP contribution in [0.5, 0.6) is 5.75 Å². The molecule has 1 saturated heterocycles. The van der Waals surface area contributed by atoms with Crippen molar-refractivity contribution in [2.24, 2.45) is 0 Å². The van der Waals surface area contributed by atoms with E-state index in [1.165, 1.54) is 24.5 Å². The second-order valence-electron chi connectivity index (χ2n) is 9.52. The zero-order valence-corrected chi connectivity index (χ0v) is 21.6. The third-order valence-electron chi connectivity index (χ3n) is 6.15. The van der Waals surface area contributed by atoms with Crippen LogP contribution in [0, 0.1) is 5.82 Å². The fraction of sp³-hybridized carbons (Fsp3) is 0.333. The lowest BCUT2D eigenvalue weighted by molar-refractivity contribution is -0.137. The molecule has 40 heavy (non-hydrogen) atoms. The summed E-state index contributed by atoms with van der Waals surface area (Å²) < 4.78 is 63.8. The van der Waals surface area contributed by atoms with Crippen LogP contribution in [0.15, 0.2) is 54.9 Å². The number of nitrogens with zero attached hydrogens (tertiary/aromatic N) is 2. The Kier molecular flexibility index (Phi) is 8.52. The number of hydrogen-bond donors (Lipinski definition) is 3. The van der Waals surface area contributed by atoms with Crippen LogP contribution in [0.4, 0.5) is 33.7 Å². The average molecular weight is 562 g/mol. The summed E-state index contributed by atoms with van der Waals surface area (Å²) in [6.07, 6.45) is -2.63. The van der Waals surface area contributed by atoms with Crippen LogP contribution in [-0.4, -0.2) is 40.7 Å². The molecule has 212 valence electrons. The van der Waals surface area contributed by atoms with Crippen LogP contribution in [0.3, 0.4) is 0 Å². The van der Waals surface area contributed by atoms with Crippen LogP contribution in [0.1, 0.15) is 43.1 Å². The molecule has 9 nitrogen and oxygen atoms in total. The molecule has 1 aliphatic rings. The number of benzene rings is 2. The summed E-state index contributed by atoms with van der Waals surface area (Å²) in [6, 6.07) is 8.66. The van der Waals surface area contributed by atoms with Crippen molar-refractivity contribution in [1.82, 2.24) is 20.6 Å². The van der Waals surface area contributed by atoms with Crippen LogP contribution >= 0.6 is 0 Å². The van der Waals surface area contributed by atoms with Crippen molar-refractivity contribution in [1.29, 1.82) is 0 Å². The van der Waals surface area contributed by atoms with Crippen molar-refractivity contribution in [3.8, 4) is 5.75 Å².